The largest absolute Gasteiger partial charge is 0.382 e. The third-order valence-electron chi connectivity index (χ3n) is 3.79. The van der Waals surface area contributed by atoms with Gasteiger partial charge in [0.25, 0.3) is 5.91 Å². The number of likely N-dealkylation sites (tertiary alicyclic amines) is 1. The van der Waals surface area contributed by atoms with Gasteiger partial charge in [0.05, 0.1) is 5.56 Å². The molecule has 1 saturated heterocycles. The van der Waals surface area contributed by atoms with Crippen molar-refractivity contribution in [3.05, 3.63) is 29.6 Å². The molecule has 2 fully saturated rings. The zero-order valence-corrected chi connectivity index (χ0v) is 11.0. The maximum Gasteiger partial charge on any atom is 0.256 e. The van der Waals surface area contributed by atoms with Gasteiger partial charge in [-0.2, -0.15) is 0 Å². The molecule has 1 saturated carbocycles. The number of anilines is 1. The normalized spacial score (nSPS) is 19.3. The summed E-state index contributed by atoms with van der Waals surface area (Å²) < 4.78 is 13.4. The molecule has 0 spiro atoms. The standard InChI is InChI=1S/C15H19FN2O/c16-11-4-7-14(17-12-5-6-12)13(10-11)15(19)18-8-2-1-3-9-18/h4,7,10,12,17H,1-3,5-6,8-9H2. The summed E-state index contributed by atoms with van der Waals surface area (Å²) in [7, 11) is 0. The molecule has 1 aromatic carbocycles. The molecule has 2 aliphatic rings. The average molecular weight is 262 g/mol. The summed E-state index contributed by atoms with van der Waals surface area (Å²) in [6.45, 7) is 1.58. The molecule has 0 atom stereocenters. The highest BCUT2D eigenvalue weighted by molar-refractivity contribution is 5.99. The molecule has 1 aliphatic heterocycles. The Morgan fingerprint density at radius 1 is 1.21 bits per heavy atom. The van der Waals surface area contributed by atoms with Crippen LogP contribution in [0.1, 0.15) is 42.5 Å². The number of halogens is 1. The molecule has 102 valence electrons. The Balaban J connectivity index is 1.83. The zero-order chi connectivity index (χ0) is 13.2. The summed E-state index contributed by atoms with van der Waals surface area (Å²) in [5.41, 5.74) is 1.26. The predicted octanol–water partition coefficient (Wildman–Crippen LogP) is 3.03. The van der Waals surface area contributed by atoms with E-state index in [0.29, 0.717) is 11.6 Å². The third kappa shape index (κ3) is 2.88. The molecule has 4 heteroatoms. The van der Waals surface area contributed by atoms with Crippen LogP contribution in [0.4, 0.5) is 10.1 Å². The minimum Gasteiger partial charge on any atom is -0.382 e. The van der Waals surface area contributed by atoms with Crippen molar-refractivity contribution in [2.45, 2.75) is 38.1 Å². The van der Waals surface area contributed by atoms with E-state index in [9.17, 15) is 9.18 Å². The van der Waals surface area contributed by atoms with Crippen LogP contribution < -0.4 is 5.32 Å². The lowest BCUT2D eigenvalue weighted by Crippen LogP contribution is -2.36. The SMILES string of the molecule is O=C(c1cc(F)ccc1NC1CC1)N1CCCCC1. The van der Waals surface area contributed by atoms with Gasteiger partial charge in [0.2, 0.25) is 0 Å². The number of nitrogens with one attached hydrogen (secondary N) is 1. The van der Waals surface area contributed by atoms with E-state index in [2.05, 4.69) is 5.32 Å². The Kier molecular flexibility index (Phi) is 3.40. The molecule has 3 nitrogen and oxygen atoms in total. The number of benzene rings is 1. The number of amides is 1. The van der Waals surface area contributed by atoms with Crippen LogP contribution in [0.3, 0.4) is 0 Å². The van der Waals surface area contributed by atoms with Crippen molar-refractivity contribution in [1.82, 2.24) is 4.90 Å². The lowest BCUT2D eigenvalue weighted by Gasteiger charge is -2.27. The van der Waals surface area contributed by atoms with Gasteiger partial charge in [-0.1, -0.05) is 0 Å². The highest BCUT2D eigenvalue weighted by Crippen LogP contribution is 2.28. The van der Waals surface area contributed by atoms with E-state index >= 15 is 0 Å². The summed E-state index contributed by atoms with van der Waals surface area (Å²) in [6.07, 6.45) is 5.54. The second-order valence-electron chi connectivity index (χ2n) is 5.46. The van der Waals surface area contributed by atoms with Gasteiger partial charge in [0.1, 0.15) is 5.82 Å². The third-order valence-corrected chi connectivity index (χ3v) is 3.79. The Hall–Kier alpha value is -1.58. The minimum absolute atomic E-state index is 0.0395. The molecule has 1 heterocycles. The smallest absolute Gasteiger partial charge is 0.256 e. The van der Waals surface area contributed by atoms with Crippen LogP contribution in [0.5, 0.6) is 0 Å². The number of hydrogen-bond acceptors (Lipinski definition) is 2. The number of piperidine rings is 1. The molecule has 1 amide bonds. The quantitative estimate of drug-likeness (QED) is 0.908. The van der Waals surface area contributed by atoms with Crippen LogP contribution in [0, 0.1) is 5.82 Å². The molecule has 19 heavy (non-hydrogen) atoms. The van der Waals surface area contributed by atoms with Crippen LogP contribution in [0.25, 0.3) is 0 Å². The second kappa shape index (κ2) is 5.19. The number of carbonyl (C=O) groups is 1. The minimum atomic E-state index is -0.346. The van der Waals surface area contributed by atoms with E-state index in [1.165, 1.54) is 18.6 Å². The Morgan fingerprint density at radius 3 is 2.63 bits per heavy atom. The van der Waals surface area contributed by atoms with Crippen LogP contribution in [-0.4, -0.2) is 29.9 Å². The first-order valence-corrected chi connectivity index (χ1v) is 7.09. The lowest BCUT2D eigenvalue weighted by molar-refractivity contribution is 0.0725. The molecular formula is C15H19FN2O. The fraction of sp³-hybridized carbons (Fsp3) is 0.533. The molecule has 1 aromatic rings. The van der Waals surface area contributed by atoms with E-state index in [4.69, 9.17) is 0 Å². The van der Waals surface area contributed by atoms with E-state index in [1.807, 2.05) is 4.90 Å². The van der Waals surface area contributed by atoms with Gasteiger partial charge in [-0.3, -0.25) is 4.79 Å². The highest BCUT2D eigenvalue weighted by atomic mass is 19.1. The number of carbonyl (C=O) groups excluding carboxylic acids is 1. The number of rotatable bonds is 3. The van der Waals surface area contributed by atoms with E-state index in [1.54, 1.807) is 6.07 Å². The lowest BCUT2D eigenvalue weighted by atomic mass is 10.1. The fourth-order valence-electron chi connectivity index (χ4n) is 2.53. The van der Waals surface area contributed by atoms with E-state index in [0.717, 1.165) is 44.5 Å². The van der Waals surface area contributed by atoms with Crippen LogP contribution in [-0.2, 0) is 0 Å². The molecule has 0 aromatic heterocycles. The summed E-state index contributed by atoms with van der Waals surface area (Å²) >= 11 is 0. The van der Waals surface area contributed by atoms with Gasteiger partial charge in [-0.15, -0.1) is 0 Å². The van der Waals surface area contributed by atoms with Gasteiger partial charge < -0.3 is 10.2 Å². The van der Waals surface area contributed by atoms with Crippen molar-refractivity contribution in [1.29, 1.82) is 0 Å². The number of hydrogen-bond donors (Lipinski definition) is 1. The molecule has 0 unspecified atom stereocenters. The van der Waals surface area contributed by atoms with Crippen LogP contribution >= 0.6 is 0 Å². The first kappa shape index (κ1) is 12.5. The van der Waals surface area contributed by atoms with Crippen molar-refractivity contribution >= 4 is 11.6 Å². The zero-order valence-electron chi connectivity index (χ0n) is 11.0. The first-order chi connectivity index (χ1) is 9.24. The van der Waals surface area contributed by atoms with Crippen molar-refractivity contribution < 1.29 is 9.18 Å². The summed E-state index contributed by atoms with van der Waals surface area (Å²) in [4.78, 5) is 14.3. The van der Waals surface area contributed by atoms with Gasteiger partial charge in [0.15, 0.2) is 0 Å². The average Bonchev–Trinajstić information content (AvgIpc) is 3.25. The van der Waals surface area contributed by atoms with Gasteiger partial charge in [0, 0.05) is 24.8 Å². The summed E-state index contributed by atoms with van der Waals surface area (Å²) in [5, 5.41) is 3.32. The van der Waals surface area contributed by atoms with Crippen LogP contribution in [0.2, 0.25) is 0 Å². The van der Waals surface area contributed by atoms with Crippen molar-refractivity contribution in [2.75, 3.05) is 18.4 Å². The Labute approximate surface area is 112 Å². The van der Waals surface area contributed by atoms with Gasteiger partial charge in [-0.05, 0) is 50.3 Å². The monoisotopic (exact) mass is 262 g/mol. The number of nitrogens with zero attached hydrogens (tertiary/aromatic N) is 1. The molecule has 1 N–H and O–H groups in total. The van der Waals surface area contributed by atoms with E-state index in [-0.39, 0.29) is 11.7 Å². The summed E-state index contributed by atoms with van der Waals surface area (Å²) in [6, 6.07) is 4.92. The molecule has 3 rings (SSSR count). The summed E-state index contributed by atoms with van der Waals surface area (Å²) in [5.74, 6) is -0.385. The Morgan fingerprint density at radius 2 is 1.95 bits per heavy atom. The highest BCUT2D eigenvalue weighted by Gasteiger charge is 2.25. The van der Waals surface area contributed by atoms with Crippen molar-refractivity contribution in [2.24, 2.45) is 0 Å². The fourth-order valence-corrected chi connectivity index (χ4v) is 2.53. The molecule has 0 radical (unpaired) electrons. The maximum atomic E-state index is 13.4. The van der Waals surface area contributed by atoms with Crippen LogP contribution in [0.15, 0.2) is 18.2 Å². The molecule has 1 aliphatic carbocycles. The predicted molar refractivity (Wildman–Crippen MR) is 72.8 cm³/mol. The van der Waals surface area contributed by atoms with E-state index < -0.39 is 0 Å². The van der Waals surface area contributed by atoms with Gasteiger partial charge in [-0.25, -0.2) is 4.39 Å². The molecular weight excluding hydrogens is 243 g/mol. The second-order valence-corrected chi connectivity index (χ2v) is 5.46. The maximum absolute atomic E-state index is 13.4. The molecule has 0 bridgehead atoms. The van der Waals surface area contributed by atoms with Crippen molar-refractivity contribution in [3.8, 4) is 0 Å². The van der Waals surface area contributed by atoms with Gasteiger partial charge >= 0.3 is 0 Å². The topological polar surface area (TPSA) is 32.3 Å². The van der Waals surface area contributed by atoms with Crippen molar-refractivity contribution in [3.63, 3.8) is 0 Å². The first-order valence-electron chi connectivity index (χ1n) is 7.09. The Bertz CT molecular complexity index is 479.